The third-order valence-electron chi connectivity index (χ3n) is 9.23. The highest BCUT2D eigenvalue weighted by Crippen LogP contribution is 2.37. The highest BCUT2D eigenvalue weighted by molar-refractivity contribution is 6.73. The van der Waals surface area contributed by atoms with Crippen LogP contribution in [0.2, 0.25) is 18.1 Å². The van der Waals surface area contributed by atoms with E-state index in [-0.39, 0.29) is 18.0 Å². The van der Waals surface area contributed by atoms with Crippen molar-refractivity contribution in [1.29, 1.82) is 0 Å². The lowest BCUT2D eigenvalue weighted by Gasteiger charge is -2.36. The molecule has 1 heterocycles. The predicted octanol–water partition coefficient (Wildman–Crippen LogP) is 8.39. The number of hydrogen-bond donors (Lipinski definition) is 2. The zero-order valence-corrected chi connectivity index (χ0v) is 27.1. The molecule has 2 unspecified atom stereocenters. The van der Waals surface area contributed by atoms with Gasteiger partial charge in [0.2, 0.25) is 0 Å². The first-order chi connectivity index (χ1) is 21.4. The molecule has 0 radical (unpaired) electrons. The number of nitrogens with two attached hydrogens (primary N) is 1. The van der Waals surface area contributed by atoms with Gasteiger partial charge in [-0.15, -0.1) is 0 Å². The quantitative estimate of drug-likeness (QED) is 0.0789. The molecule has 0 saturated carbocycles. The zero-order valence-electron chi connectivity index (χ0n) is 26.1. The van der Waals surface area contributed by atoms with E-state index in [1.165, 1.54) is 29.5 Å². The summed E-state index contributed by atoms with van der Waals surface area (Å²) in [6.45, 7) is 7.16. The van der Waals surface area contributed by atoms with Gasteiger partial charge in [-0.05, 0) is 85.1 Å². The Morgan fingerprint density at radius 3 is 2.43 bits per heavy atom. The van der Waals surface area contributed by atoms with Gasteiger partial charge in [0.25, 0.3) is 0 Å². The minimum absolute atomic E-state index is 0.0887. The number of nitro groups is 1. The van der Waals surface area contributed by atoms with Gasteiger partial charge in [0.05, 0.1) is 17.6 Å². The van der Waals surface area contributed by atoms with Crippen LogP contribution in [0.15, 0.2) is 66.7 Å². The molecule has 3 aromatic carbocycles. The number of nitro benzene ring substituents is 1. The van der Waals surface area contributed by atoms with Crippen LogP contribution in [0.1, 0.15) is 68.5 Å². The molecule has 4 aromatic rings. The van der Waals surface area contributed by atoms with Gasteiger partial charge in [-0.3, -0.25) is 10.1 Å². The largest absolute Gasteiger partial charge is 0.493 e. The molecule has 44 heavy (non-hydrogen) atoms. The molecule has 0 spiro atoms. The molecule has 2 atom stereocenters. The van der Waals surface area contributed by atoms with E-state index in [0.717, 1.165) is 47.8 Å². The van der Waals surface area contributed by atoms with E-state index < -0.39 is 25.4 Å². The average molecular weight is 616 g/mol. The van der Waals surface area contributed by atoms with Crippen LogP contribution >= 0.6 is 0 Å². The van der Waals surface area contributed by atoms with Crippen LogP contribution in [0.25, 0.3) is 10.9 Å². The van der Waals surface area contributed by atoms with Crippen LogP contribution in [0.5, 0.6) is 11.5 Å². The first-order valence-corrected chi connectivity index (χ1v) is 18.5. The summed E-state index contributed by atoms with van der Waals surface area (Å²) in [6.07, 6.45) is 4.74. The summed E-state index contributed by atoms with van der Waals surface area (Å²) in [7, 11) is -2.11. The highest BCUT2D eigenvalue weighted by atomic mass is 28.4. The number of nitrogens with zero attached hydrogens (tertiary/aromatic N) is 1. The average Bonchev–Trinajstić information content (AvgIpc) is 3.43. The van der Waals surface area contributed by atoms with Gasteiger partial charge < -0.3 is 24.6 Å². The van der Waals surface area contributed by atoms with E-state index >= 15 is 0 Å². The third kappa shape index (κ3) is 7.17. The van der Waals surface area contributed by atoms with Gasteiger partial charge in [-0.25, -0.2) is 0 Å². The minimum atomic E-state index is -2.11. The number of rotatable bonds is 15. The second-order valence-electron chi connectivity index (χ2n) is 11.8. The Bertz CT molecular complexity index is 1540. The molecule has 3 N–H and O–H groups in total. The number of aromatic nitrogens is 1. The van der Waals surface area contributed by atoms with E-state index in [1.807, 2.05) is 42.5 Å². The van der Waals surface area contributed by atoms with Crippen molar-refractivity contribution < 1.29 is 18.8 Å². The molecule has 1 aromatic heterocycles. The van der Waals surface area contributed by atoms with Crippen molar-refractivity contribution in [3.05, 3.63) is 99.2 Å². The van der Waals surface area contributed by atoms with Crippen LogP contribution < -0.4 is 15.2 Å². The number of ether oxygens (including phenoxy) is 2. The monoisotopic (exact) mass is 615 g/mol. The molecular weight excluding hydrogens is 570 g/mol. The molecule has 1 aliphatic carbocycles. The number of aryl methyl sites for hydroxylation is 2. The zero-order chi connectivity index (χ0) is 31.1. The van der Waals surface area contributed by atoms with E-state index in [0.29, 0.717) is 18.6 Å². The molecule has 0 aliphatic heterocycles. The Hall–Kier alpha value is -3.66. The highest BCUT2D eigenvalue weighted by Gasteiger charge is 2.36. The van der Waals surface area contributed by atoms with Gasteiger partial charge in [-0.1, -0.05) is 57.2 Å². The molecule has 1 aliphatic rings. The lowest BCUT2D eigenvalue weighted by atomic mass is 9.96. The molecule has 5 rings (SSSR count). The summed E-state index contributed by atoms with van der Waals surface area (Å²) in [6, 6.07) is 23.4. The van der Waals surface area contributed by atoms with Gasteiger partial charge in [0.15, 0.2) is 14.1 Å². The van der Waals surface area contributed by atoms with E-state index in [1.54, 1.807) is 12.1 Å². The fraction of sp³-hybridized carbons (Fsp3) is 0.429. The molecule has 9 heteroatoms. The summed E-state index contributed by atoms with van der Waals surface area (Å²) >= 11 is 0. The molecular formula is C35H45N3O5Si. The van der Waals surface area contributed by atoms with Crippen molar-refractivity contribution in [2.75, 3.05) is 6.61 Å². The van der Waals surface area contributed by atoms with Crippen LogP contribution in [-0.4, -0.2) is 30.9 Å². The maximum Gasteiger partial charge on any atom is 0.311 e. The van der Waals surface area contributed by atoms with Crippen LogP contribution in [0.3, 0.4) is 0 Å². The second-order valence-corrected chi connectivity index (χ2v) is 16.6. The van der Waals surface area contributed by atoms with Gasteiger partial charge >= 0.3 is 5.69 Å². The molecule has 0 fully saturated rings. The van der Waals surface area contributed by atoms with Gasteiger partial charge in [0, 0.05) is 34.8 Å². The van der Waals surface area contributed by atoms with Crippen molar-refractivity contribution in [1.82, 2.24) is 4.98 Å². The smallest absolute Gasteiger partial charge is 0.311 e. The van der Waals surface area contributed by atoms with Crippen molar-refractivity contribution in [2.45, 2.75) is 89.8 Å². The van der Waals surface area contributed by atoms with Gasteiger partial charge in [0.1, 0.15) is 12.4 Å². The van der Waals surface area contributed by atoms with Crippen LogP contribution in [-0.2, 0) is 23.9 Å². The molecule has 0 saturated heterocycles. The molecule has 0 amide bonds. The Balaban J connectivity index is 1.33. The number of hydrogen-bond acceptors (Lipinski definition) is 6. The summed E-state index contributed by atoms with van der Waals surface area (Å²) in [5, 5.41) is 13.4. The number of benzene rings is 3. The van der Waals surface area contributed by atoms with E-state index in [2.05, 4.69) is 37.9 Å². The topological polar surface area (TPSA) is 113 Å². The van der Waals surface area contributed by atoms with Crippen molar-refractivity contribution in [3.63, 3.8) is 0 Å². The molecule has 234 valence electrons. The maximum absolute atomic E-state index is 12.2. The second kappa shape index (κ2) is 14.4. The van der Waals surface area contributed by atoms with Gasteiger partial charge in [-0.2, -0.15) is 0 Å². The number of H-pyrrole nitrogens is 1. The fourth-order valence-electron chi connectivity index (χ4n) is 6.33. The minimum Gasteiger partial charge on any atom is -0.493 e. The van der Waals surface area contributed by atoms with Crippen molar-refractivity contribution in [3.8, 4) is 11.5 Å². The standard InChI is InChI=1S/C35H45N3O5Si/c1-4-44(5-2,6-3)43-35(26-16-19-34(33(22-26)38(39)40)42-24-25-12-8-7-9-13-25)30(36)20-21-41-27-17-18-29-28-14-10-11-15-31(28)37-32(29)23-27/h7-9,12-13,16-19,22-23,30,35,37H,4-6,10-11,14-15,20-21,24,36H2,1-3H3. The van der Waals surface area contributed by atoms with Crippen molar-refractivity contribution in [2.24, 2.45) is 5.73 Å². The maximum atomic E-state index is 12.2. The predicted molar refractivity (Wildman–Crippen MR) is 178 cm³/mol. The van der Waals surface area contributed by atoms with E-state index in [4.69, 9.17) is 19.6 Å². The lowest BCUT2D eigenvalue weighted by molar-refractivity contribution is -0.386. The normalized spacial score (nSPS) is 14.6. The number of fused-ring (bicyclic) bond motifs is 3. The summed E-state index contributed by atoms with van der Waals surface area (Å²) < 4.78 is 19.0. The first-order valence-electron chi connectivity index (χ1n) is 16.0. The lowest BCUT2D eigenvalue weighted by Crippen LogP contribution is -2.43. The number of nitrogens with one attached hydrogen (secondary N) is 1. The fourth-order valence-corrected chi connectivity index (χ4v) is 9.18. The first kappa shape index (κ1) is 31.8. The molecule has 0 bridgehead atoms. The third-order valence-corrected chi connectivity index (χ3v) is 13.9. The summed E-state index contributed by atoms with van der Waals surface area (Å²) in [5.41, 5.74) is 12.3. The SMILES string of the molecule is CC[Si](CC)(CC)OC(c1ccc(OCc2ccccc2)c([N+](=O)[O-])c1)C(N)CCOc1ccc2c3c([nH]c2c1)CCCC3. The summed E-state index contributed by atoms with van der Waals surface area (Å²) in [4.78, 5) is 15.4. The van der Waals surface area contributed by atoms with Crippen LogP contribution in [0.4, 0.5) is 5.69 Å². The Morgan fingerprint density at radius 1 is 0.955 bits per heavy atom. The van der Waals surface area contributed by atoms with Crippen LogP contribution in [0, 0.1) is 10.1 Å². The summed E-state index contributed by atoms with van der Waals surface area (Å²) in [5.74, 6) is 1.03. The Morgan fingerprint density at radius 2 is 1.70 bits per heavy atom. The molecule has 8 nitrogen and oxygen atoms in total. The Labute approximate surface area is 261 Å². The van der Waals surface area contributed by atoms with E-state index in [9.17, 15) is 10.1 Å². The Kier molecular flexibility index (Phi) is 10.4. The number of aromatic amines is 1. The van der Waals surface area contributed by atoms with Crippen molar-refractivity contribution >= 4 is 24.9 Å².